The van der Waals surface area contributed by atoms with Crippen molar-refractivity contribution in [2.75, 3.05) is 12.5 Å². The molecule has 0 radical (unpaired) electrons. The summed E-state index contributed by atoms with van der Waals surface area (Å²) >= 11 is 0. The Morgan fingerprint density at radius 3 is 3.00 bits per heavy atom. The maximum absolute atomic E-state index is 5.55. The third kappa shape index (κ3) is 1.52. The van der Waals surface area contributed by atoms with Gasteiger partial charge in [0.15, 0.2) is 17.1 Å². The second-order valence-electron chi connectivity index (χ2n) is 4.27. The fourth-order valence-electron chi connectivity index (χ4n) is 2.27. The van der Waals surface area contributed by atoms with Gasteiger partial charge in [-0.15, -0.1) is 0 Å². The highest BCUT2D eigenvalue weighted by atomic mass is 16.7. The van der Waals surface area contributed by atoms with E-state index in [0.29, 0.717) is 5.58 Å². The van der Waals surface area contributed by atoms with Crippen LogP contribution in [0, 0.1) is 0 Å². The number of hydrogen-bond acceptors (Lipinski definition) is 5. The van der Waals surface area contributed by atoms with Crippen LogP contribution in [0.5, 0.6) is 11.5 Å². The highest BCUT2D eigenvalue weighted by molar-refractivity contribution is 5.84. The Bertz CT molecular complexity index is 779. The van der Waals surface area contributed by atoms with Crippen molar-refractivity contribution >= 4 is 17.1 Å². The molecule has 3 aromatic rings. The molecule has 0 bridgehead atoms. The molecule has 1 aliphatic heterocycles. The molecule has 5 nitrogen and oxygen atoms in total. The fourth-order valence-corrected chi connectivity index (χ4v) is 2.27. The summed E-state index contributed by atoms with van der Waals surface area (Å²) in [7, 11) is 0. The number of para-hydroxylation sites is 1. The van der Waals surface area contributed by atoms with E-state index in [1.807, 2.05) is 36.4 Å². The van der Waals surface area contributed by atoms with Crippen LogP contribution in [0.4, 0.5) is 6.01 Å². The minimum atomic E-state index is 0.171. The van der Waals surface area contributed by atoms with Crippen LogP contribution in [0.15, 0.2) is 40.8 Å². The molecule has 0 saturated carbocycles. The van der Waals surface area contributed by atoms with E-state index in [1.54, 1.807) is 0 Å². The van der Waals surface area contributed by atoms with Crippen molar-refractivity contribution in [2.24, 2.45) is 0 Å². The van der Waals surface area contributed by atoms with E-state index in [9.17, 15) is 0 Å². The SMILES string of the molecule is Nc1nc2cc(-c3cccc4c3OCO4)ccc2o1. The van der Waals surface area contributed by atoms with Crippen LogP contribution in [0.1, 0.15) is 0 Å². The standard InChI is InChI=1S/C14H10N2O3/c15-14-16-10-6-8(4-5-11(10)19-14)9-2-1-3-12-13(9)18-7-17-12/h1-6H,7H2,(H2,15,16). The Labute approximate surface area is 108 Å². The molecule has 0 unspecified atom stereocenters. The first-order chi connectivity index (χ1) is 9.31. The van der Waals surface area contributed by atoms with Crippen LogP contribution in [0.25, 0.3) is 22.2 Å². The lowest BCUT2D eigenvalue weighted by atomic mass is 10.0. The number of nitrogens with two attached hydrogens (primary N) is 1. The minimum Gasteiger partial charge on any atom is -0.454 e. The average molecular weight is 254 g/mol. The number of fused-ring (bicyclic) bond motifs is 2. The van der Waals surface area contributed by atoms with Crippen molar-refractivity contribution in [3.05, 3.63) is 36.4 Å². The molecule has 94 valence electrons. The molecule has 0 saturated heterocycles. The number of hydrogen-bond donors (Lipinski definition) is 1. The summed E-state index contributed by atoms with van der Waals surface area (Å²) in [6, 6.07) is 11.7. The van der Waals surface area contributed by atoms with Gasteiger partial charge in [-0.05, 0) is 23.8 Å². The number of benzene rings is 2. The van der Waals surface area contributed by atoms with Gasteiger partial charge in [0.1, 0.15) is 5.52 Å². The van der Waals surface area contributed by atoms with Crippen LogP contribution in [-0.2, 0) is 0 Å². The Kier molecular flexibility index (Phi) is 1.97. The van der Waals surface area contributed by atoms with Crippen molar-refractivity contribution in [1.82, 2.24) is 4.98 Å². The van der Waals surface area contributed by atoms with Crippen molar-refractivity contribution in [2.45, 2.75) is 0 Å². The molecule has 1 aromatic heterocycles. The van der Waals surface area contributed by atoms with E-state index in [0.717, 1.165) is 28.1 Å². The monoisotopic (exact) mass is 254 g/mol. The fraction of sp³-hybridized carbons (Fsp3) is 0.0714. The van der Waals surface area contributed by atoms with Crippen molar-refractivity contribution < 1.29 is 13.9 Å². The molecule has 1 aliphatic rings. The molecular weight excluding hydrogens is 244 g/mol. The molecule has 4 rings (SSSR count). The summed E-state index contributed by atoms with van der Waals surface area (Å²) in [5.41, 5.74) is 8.91. The Morgan fingerprint density at radius 2 is 2.05 bits per heavy atom. The van der Waals surface area contributed by atoms with Gasteiger partial charge in [-0.3, -0.25) is 0 Å². The zero-order valence-electron chi connectivity index (χ0n) is 9.92. The van der Waals surface area contributed by atoms with E-state index in [1.165, 1.54) is 0 Å². The zero-order valence-corrected chi connectivity index (χ0v) is 9.92. The smallest absolute Gasteiger partial charge is 0.292 e. The molecule has 2 N–H and O–H groups in total. The highest BCUT2D eigenvalue weighted by Gasteiger charge is 2.18. The number of rotatable bonds is 1. The van der Waals surface area contributed by atoms with Gasteiger partial charge in [-0.2, -0.15) is 4.98 Å². The van der Waals surface area contributed by atoms with Gasteiger partial charge in [0.25, 0.3) is 6.01 Å². The van der Waals surface area contributed by atoms with Crippen molar-refractivity contribution in [3.8, 4) is 22.6 Å². The van der Waals surface area contributed by atoms with E-state index >= 15 is 0 Å². The van der Waals surface area contributed by atoms with Gasteiger partial charge < -0.3 is 19.6 Å². The quantitative estimate of drug-likeness (QED) is 0.723. The molecule has 0 amide bonds. The van der Waals surface area contributed by atoms with Crippen molar-refractivity contribution in [3.63, 3.8) is 0 Å². The average Bonchev–Trinajstić information content (AvgIpc) is 3.01. The zero-order chi connectivity index (χ0) is 12.8. The number of aromatic nitrogens is 1. The second kappa shape index (κ2) is 3.65. The van der Waals surface area contributed by atoms with E-state index in [4.69, 9.17) is 19.6 Å². The largest absolute Gasteiger partial charge is 0.454 e. The normalized spacial score (nSPS) is 13.1. The van der Waals surface area contributed by atoms with Crippen LogP contribution in [0.3, 0.4) is 0 Å². The molecule has 0 atom stereocenters. The highest BCUT2D eigenvalue weighted by Crippen LogP contribution is 2.41. The molecular formula is C14H10N2O3. The van der Waals surface area contributed by atoms with Gasteiger partial charge >= 0.3 is 0 Å². The maximum Gasteiger partial charge on any atom is 0.292 e. The van der Waals surface area contributed by atoms with E-state index in [-0.39, 0.29) is 12.8 Å². The summed E-state index contributed by atoms with van der Waals surface area (Å²) in [5.74, 6) is 1.52. The van der Waals surface area contributed by atoms with Crippen molar-refractivity contribution in [1.29, 1.82) is 0 Å². The summed E-state index contributed by atoms with van der Waals surface area (Å²) in [4.78, 5) is 4.13. The first kappa shape index (κ1) is 10.3. The predicted octanol–water partition coefficient (Wildman–Crippen LogP) is 2.81. The maximum atomic E-state index is 5.55. The third-order valence-electron chi connectivity index (χ3n) is 3.11. The lowest BCUT2D eigenvalue weighted by Crippen LogP contribution is -1.93. The Hall–Kier alpha value is -2.69. The lowest BCUT2D eigenvalue weighted by molar-refractivity contribution is 0.174. The molecule has 0 aliphatic carbocycles. The van der Waals surface area contributed by atoms with Gasteiger partial charge in [0.2, 0.25) is 6.79 Å². The van der Waals surface area contributed by atoms with Gasteiger partial charge in [0.05, 0.1) is 0 Å². The number of ether oxygens (including phenoxy) is 2. The minimum absolute atomic E-state index is 0.171. The van der Waals surface area contributed by atoms with Crippen LogP contribution in [-0.4, -0.2) is 11.8 Å². The first-order valence-corrected chi connectivity index (χ1v) is 5.86. The van der Waals surface area contributed by atoms with Crippen LogP contribution >= 0.6 is 0 Å². The van der Waals surface area contributed by atoms with Crippen LogP contribution < -0.4 is 15.2 Å². The Morgan fingerprint density at radius 1 is 1.11 bits per heavy atom. The molecule has 5 heteroatoms. The molecule has 0 spiro atoms. The molecule has 19 heavy (non-hydrogen) atoms. The third-order valence-corrected chi connectivity index (χ3v) is 3.11. The number of nitrogen functional groups attached to an aromatic ring is 1. The lowest BCUT2D eigenvalue weighted by Gasteiger charge is -2.05. The van der Waals surface area contributed by atoms with Gasteiger partial charge in [-0.25, -0.2) is 0 Å². The Balaban J connectivity index is 1.92. The number of anilines is 1. The predicted molar refractivity (Wildman–Crippen MR) is 70.0 cm³/mol. The summed E-state index contributed by atoms with van der Waals surface area (Å²) in [6.07, 6.45) is 0. The summed E-state index contributed by atoms with van der Waals surface area (Å²) in [6.45, 7) is 0.255. The van der Waals surface area contributed by atoms with E-state index < -0.39 is 0 Å². The second-order valence-corrected chi connectivity index (χ2v) is 4.27. The molecule has 0 fully saturated rings. The summed E-state index contributed by atoms with van der Waals surface area (Å²) < 4.78 is 16.1. The topological polar surface area (TPSA) is 70.5 Å². The van der Waals surface area contributed by atoms with Gasteiger partial charge in [-0.1, -0.05) is 18.2 Å². The number of nitrogens with zero attached hydrogens (tertiary/aromatic N) is 1. The number of oxazole rings is 1. The molecule has 2 heterocycles. The van der Waals surface area contributed by atoms with Crippen LogP contribution in [0.2, 0.25) is 0 Å². The first-order valence-electron chi connectivity index (χ1n) is 5.86. The molecule has 2 aromatic carbocycles. The van der Waals surface area contributed by atoms with E-state index in [2.05, 4.69) is 4.98 Å². The summed E-state index contributed by atoms with van der Waals surface area (Å²) in [5, 5.41) is 0. The van der Waals surface area contributed by atoms with Gasteiger partial charge in [0, 0.05) is 5.56 Å².